The van der Waals surface area contributed by atoms with Crippen LogP contribution < -0.4 is 5.43 Å². The first-order valence-electron chi connectivity index (χ1n) is 3.22. The monoisotopic (exact) mass is 155 g/mol. The van der Waals surface area contributed by atoms with Gasteiger partial charge in [0.25, 0.3) is 5.91 Å². The summed E-state index contributed by atoms with van der Waals surface area (Å²) in [5.41, 5.74) is 2.38. The number of amides is 2. The third kappa shape index (κ3) is 1.54. The molecule has 0 bridgehead atoms. The summed E-state index contributed by atoms with van der Waals surface area (Å²) in [5, 5.41) is 1.13. The Balaban J connectivity index is 2.79. The maximum absolute atomic E-state index is 10.8. The van der Waals surface area contributed by atoms with Crippen LogP contribution in [0.3, 0.4) is 0 Å². The third-order valence-corrected chi connectivity index (χ3v) is 1.33. The molecule has 1 aliphatic rings. The average molecular weight is 155 g/mol. The van der Waals surface area contributed by atoms with Gasteiger partial charge in [0.15, 0.2) is 0 Å². The summed E-state index contributed by atoms with van der Waals surface area (Å²) < 4.78 is 0. The lowest BCUT2D eigenvalue weighted by Crippen LogP contribution is -2.51. The number of hydrogen-bond donors (Lipinski definition) is 1. The van der Waals surface area contributed by atoms with Crippen molar-refractivity contribution in [3.63, 3.8) is 0 Å². The molecule has 0 spiro atoms. The minimum absolute atomic E-state index is 0.107. The number of aliphatic imine (C=N–C) groups is 1. The van der Waals surface area contributed by atoms with Crippen LogP contribution in [0, 0.1) is 0 Å². The number of carbonyl (C=O) groups excluding carboxylic acids is 2. The van der Waals surface area contributed by atoms with Gasteiger partial charge in [-0.1, -0.05) is 0 Å². The molecule has 1 heterocycles. The zero-order chi connectivity index (χ0) is 8.43. The number of hydrogen-bond acceptors (Lipinski definition) is 3. The molecule has 60 valence electrons. The molecule has 0 atom stereocenters. The molecule has 1 rings (SSSR count). The van der Waals surface area contributed by atoms with Gasteiger partial charge in [0, 0.05) is 6.92 Å². The highest BCUT2D eigenvalue weighted by Crippen LogP contribution is 1.94. The Morgan fingerprint density at radius 2 is 2.36 bits per heavy atom. The summed E-state index contributed by atoms with van der Waals surface area (Å²) >= 11 is 0. The van der Waals surface area contributed by atoms with E-state index in [4.69, 9.17) is 0 Å². The number of hydrazine groups is 1. The molecule has 0 fully saturated rings. The zero-order valence-corrected chi connectivity index (χ0v) is 6.42. The van der Waals surface area contributed by atoms with Gasteiger partial charge < -0.3 is 0 Å². The average Bonchev–Trinajstić information content (AvgIpc) is 1.94. The van der Waals surface area contributed by atoms with Crippen molar-refractivity contribution in [1.29, 1.82) is 0 Å². The molecule has 1 aliphatic heterocycles. The van der Waals surface area contributed by atoms with E-state index in [1.54, 1.807) is 6.92 Å². The summed E-state index contributed by atoms with van der Waals surface area (Å²) in [5.74, 6) is 0.0298. The predicted molar refractivity (Wildman–Crippen MR) is 38.6 cm³/mol. The lowest BCUT2D eigenvalue weighted by atomic mass is 10.5. The van der Waals surface area contributed by atoms with Crippen molar-refractivity contribution in [2.24, 2.45) is 4.99 Å². The van der Waals surface area contributed by atoms with Crippen LogP contribution in [0.2, 0.25) is 0 Å². The molecule has 2 amide bonds. The minimum atomic E-state index is -0.259. The Hall–Kier alpha value is -1.39. The van der Waals surface area contributed by atoms with E-state index in [0.29, 0.717) is 5.84 Å². The molecule has 5 nitrogen and oxygen atoms in total. The van der Waals surface area contributed by atoms with Crippen LogP contribution in [-0.2, 0) is 9.59 Å². The van der Waals surface area contributed by atoms with E-state index >= 15 is 0 Å². The Labute approximate surface area is 64.1 Å². The van der Waals surface area contributed by atoms with Crippen molar-refractivity contribution in [3.8, 4) is 0 Å². The van der Waals surface area contributed by atoms with Gasteiger partial charge in [-0.15, -0.1) is 0 Å². The summed E-state index contributed by atoms with van der Waals surface area (Å²) in [6.07, 6.45) is 0. The summed E-state index contributed by atoms with van der Waals surface area (Å²) in [6, 6.07) is 0. The first kappa shape index (κ1) is 7.71. The maximum Gasteiger partial charge on any atom is 0.260 e. The zero-order valence-electron chi connectivity index (χ0n) is 6.42. The molecular formula is C6H9N3O2. The smallest absolute Gasteiger partial charge is 0.260 e. The van der Waals surface area contributed by atoms with E-state index in [0.717, 1.165) is 5.01 Å². The highest BCUT2D eigenvalue weighted by atomic mass is 16.2. The summed E-state index contributed by atoms with van der Waals surface area (Å²) in [6.45, 7) is 3.14. The number of nitrogens with zero attached hydrogens (tertiary/aromatic N) is 2. The van der Waals surface area contributed by atoms with Crippen molar-refractivity contribution in [1.82, 2.24) is 10.4 Å². The van der Waals surface area contributed by atoms with Crippen molar-refractivity contribution in [3.05, 3.63) is 0 Å². The Morgan fingerprint density at radius 1 is 1.73 bits per heavy atom. The summed E-state index contributed by atoms with van der Waals surface area (Å²) in [4.78, 5) is 25.3. The number of amidine groups is 1. The number of carbonyl (C=O) groups is 2. The third-order valence-electron chi connectivity index (χ3n) is 1.33. The topological polar surface area (TPSA) is 61.8 Å². The molecule has 11 heavy (non-hydrogen) atoms. The molecule has 0 radical (unpaired) electrons. The Kier molecular flexibility index (Phi) is 1.89. The van der Waals surface area contributed by atoms with Gasteiger partial charge in [-0.25, -0.2) is 5.01 Å². The van der Waals surface area contributed by atoms with E-state index in [9.17, 15) is 9.59 Å². The normalized spacial score (nSPS) is 17.5. The molecule has 1 N–H and O–H groups in total. The molecule has 0 unspecified atom stereocenters. The predicted octanol–water partition coefficient (Wildman–Crippen LogP) is -0.702. The Bertz CT molecular complexity index is 234. The molecule has 0 saturated carbocycles. The van der Waals surface area contributed by atoms with Gasteiger partial charge in [-0.05, 0) is 6.92 Å². The second kappa shape index (κ2) is 2.69. The van der Waals surface area contributed by atoms with Crippen molar-refractivity contribution in [2.75, 3.05) is 6.54 Å². The van der Waals surface area contributed by atoms with Crippen LogP contribution in [0.15, 0.2) is 4.99 Å². The van der Waals surface area contributed by atoms with Crippen LogP contribution in [0.25, 0.3) is 0 Å². The van der Waals surface area contributed by atoms with Gasteiger partial charge in [-0.3, -0.25) is 20.0 Å². The van der Waals surface area contributed by atoms with Gasteiger partial charge in [0.05, 0.1) is 0 Å². The second-order valence-corrected chi connectivity index (χ2v) is 2.25. The molecule has 0 aliphatic carbocycles. The summed E-state index contributed by atoms with van der Waals surface area (Å²) in [7, 11) is 0. The van der Waals surface area contributed by atoms with Crippen LogP contribution >= 0.6 is 0 Å². The first-order valence-corrected chi connectivity index (χ1v) is 3.22. The second-order valence-electron chi connectivity index (χ2n) is 2.25. The standard InChI is InChI=1S/C6H9N3O2/c1-4-7-3-6(11)8-9(4)5(2)10/h3H2,1-2H3,(H,8,11). The molecule has 0 saturated heterocycles. The van der Waals surface area contributed by atoms with Gasteiger partial charge >= 0.3 is 0 Å². The van der Waals surface area contributed by atoms with Crippen molar-refractivity contribution in [2.45, 2.75) is 13.8 Å². The van der Waals surface area contributed by atoms with Gasteiger partial charge in [0.2, 0.25) is 5.91 Å². The molecular weight excluding hydrogens is 146 g/mol. The fourth-order valence-corrected chi connectivity index (χ4v) is 0.804. The fraction of sp³-hybridized carbons (Fsp3) is 0.500. The van der Waals surface area contributed by atoms with Gasteiger partial charge in [0.1, 0.15) is 12.4 Å². The lowest BCUT2D eigenvalue weighted by molar-refractivity contribution is -0.135. The minimum Gasteiger partial charge on any atom is -0.273 e. The van der Waals surface area contributed by atoms with Crippen LogP contribution in [0.4, 0.5) is 0 Å². The number of nitrogens with one attached hydrogen (secondary N) is 1. The molecule has 0 aromatic heterocycles. The first-order chi connectivity index (χ1) is 5.11. The molecule has 5 heteroatoms. The highest BCUT2D eigenvalue weighted by Gasteiger charge is 2.18. The van der Waals surface area contributed by atoms with E-state index in [1.807, 2.05) is 0 Å². The Morgan fingerprint density at radius 3 is 2.82 bits per heavy atom. The molecule has 0 aromatic rings. The van der Waals surface area contributed by atoms with E-state index in [-0.39, 0.29) is 18.4 Å². The van der Waals surface area contributed by atoms with Crippen LogP contribution in [-0.4, -0.2) is 29.2 Å². The lowest BCUT2D eigenvalue weighted by Gasteiger charge is -2.24. The largest absolute Gasteiger partial charge is 0.273 e. The van der Waals surface area contributed by atoms with Crippen molar-refractivity contribution < 1.29 is 9.59 Å². The van der Waals surface area contributed by atoms with E-state index in [1.165, 1.54) is 6.92 Å². The van der Waals surface area contributed by atoms with Crippen LogP contribution in [0.1, 0.15) is 13.8 Å². The van der Waals surface area contributed by atoms with Crippen LogP contribution in [0.5, 0.6) is 0 Å². The highest BCUT2D eigenvalue weighted by molar-refractivity contribution is 6.00. The fourth-order valence-electron chi connectivity index (χ4n) is 0.804. The number of rotatable bonds is 0. The molecule has 0 aromatic carbocycles. The van der Waals surface area contributed by atoms with E-state index in [2.05, 4.69) is 10.4 Å². The SMILES string of the molecule is CC(=O)N1NC(=O)CN=C1C. The quantitative estimate of drug-likeness (QED) is 0.502. The maximum atomic E-state index is 10.8. The van der Waals surface area contributed by atoms with E-state index < -0.39 is 0 Å². The van der Waals surface area contributed by atoms with Gasteiger partial charge in [-0.2, -0.15) is 0 Å². The van der Waals surface area contributed by atoms with Crippen molar-refractivity contribution >= 4 is 17.6 Å².